The second-order valence-corrected chi connectivity index (χ2v) is 8.45. The van der Waals surface area contributed by atoms with Gasteiger partial charge in [0.15, 0.2) is 0 Å². The van der Waals surface area contributed by atoms with Gasteiger partial charge >= 0.3 is 0 Å². The maximum Gasteiger partial charge on any atom is 0.0346 e. The summed E-state index contributed by atoms with van der Waals surface area (Å²) in [5.74, 6) is 0. The third-order valence-electron chi connectivity index (χ3n) is 5.33. The first kappa shape index (κ1) is 18.6. The fourth-order valence-corrected chi connectivity index (χ4v) is 4.02. The molecule has 2 heteroatoms. The van der Waals surface area contributed by atoms with Crippen LogP contribution in [0.3, 0.4) is 0 Å². The number of nitrogens with zero attached hydrogens (tertiary/aromatic N) is 1. The second kappa shape index (κ2) is 7.73. The summed E-state index contributed by atoms with van der Waals surface area (Å²) >= 11 is 3.70. The summed E-state index contributed by atoms with van der Waals surface area (Å²) in [4.78, 5) is 4.26. The minimum absolute atomic E-state index is 0.115. The quantitative estimate of drug-likeness (QED) is 0.328. The lowest BCUT2D eigenvalue weighted by Gasteiger charge is -2.27. The van der Waals surface area contributed by atoms with Crippen LogP contribution in [-0.2, 0) is 5.41 Å². The number of hydrogen-bond acceptors (Lipinski definition) is 1. The highest BCUT2D eigenvalue weighted by atomic mass is 79.9. The van der Waals surface area contributed by atoms with Crippen LogP contribution in [-0.4, -0.2) is 4.98 Å². The lowest BCUT2D eigenvalue weighted by Crippen LogP contribution is -2.19. The molecule has 28 heavy (non-hydrogen) atoms. The van der Waals surface area contributed by atoms with E-state index < -0.39 is 0 Å². The largest absolute Gasteiger partial charge is 0.264 e. The van der Waals surface area contributed by atoms with E-state index in [1.807, 2.05) is 18.3 Å². The smallest absolute Gasteiger partial charge is 0.0346 e. The van der Waals surface area contributed by atoms with Gasteiger partial charge in [0, 0.05) is 27.8 Å². The molecule has 0 N–H and O–H groups in total. The molecular formula is C26H22BrN. The molecule has 0 bridgehead atoms. The van der Waals surface area contributed by atoms with E-state index in [9.17, 15) is 0 Å². The molecule has 0 aliphatic rings. The highest BCUT2D eigenvalue weighted by molar-refractivity contribution is 9.10. The van der Waals surface area contributed by atoms with Crippen LogP contribution < -0.4 is 0 Å². The maximum absolute atomic E-state index is 4.26. The zero-order chi connectivity index (χ0) is 19.6. The normalized spacial score (nSPS) is 11.4. The Morgan fingerprint density at radius 1 is 0.643 bits per heavy atom. The van der Waals surface area contributed by atoms with Gasteiger partial charge in [0.1, 0.15) is 0 Å². The number of pyridine rings is 1. The molecule has 0 atom stereocenters. The highest BCUT2D eigenvalue weighted by Gasteiger charge is 2.24. The average Bonchev–Trinajstić information content (AvgIpc) is 2.75. The van der Waals surface area contributed by atoms with Gasteiger partial charge in [0.25, 0.3) is 0 Å². The summed E-state index contributed by atoms with van der Waals surface area (Å²) < 4.78 is 1.08. The van der Waals surface area contributed by atoms with E-state index >= 15 is 0 Å². The maximum atomic E-state index is 4.26. The van der Waals surface area contributed by atoms with Gasteiger partial charge in [0.2, 0.25) is 0 Å². The molecule has 0 saturated carbocycles. The Morgan fingerprint density at radius 3 is 2.00 bits per heavy atom. The molecule has 1 heterocycles. The van der Waals surface area contributed by atoms with Gasteiger partial charge in [-0.3, -0.25) is 4.98 Å². The van der Waals surface area contributed by atoms with Gasteiger partial charge in [-0.2, -0.15) is 0 Å². The topological polar surface area (TPSA) is 12.9 Å². The van der Waals surface area contributed by atoms with Crippen molar-refractivity contribution in [2.24, 2.45) is 0 Å². The van der Waals surface area contributed by atoms with Crippen molar-refractivity contribution in [3.63, 3.8) is 0 Å². The molecule has 0 fully saturated rings. The van der Waals surface area contributed by atoms with Crippen molar-refractivity contribution in [2.75, 3.05) is 0 Å². The lowest BCUT2D eigenvalue weighted by atomic mass is 9.77. The molecule has 1 nitrogen and oxygen atoms in total. The number of aromatic nitrogens is 1. The van der Waals surface area contributed by atoms with Gasteiger partial charge in [0.05, 0.1) is 0 Å². The number of hydrogen-bond donors (Lipinski definition) is 0. The predicted molar refractivity (Wildman–Crippen MR) is 121 cm³/mol. The van der Waals surface area contributed by atoms with Crippen LogP contribution in [0, 0.1) is 0 Å². The summed E-state index contributed by atoms with van der Waals surface area (Å²) in [5, 5.41) is 0. The lowest BCUT2D eigenvalue weighted by molar-refractivity contribution is 0.641. The van der Waals surface area contributed by atoms with E-state index in [4.69, 9.17) is 0 Å². The predicted octanol–water partition coefficient (Wildman–Crippen LogP) is 7.50. The summed E-state index contributed by atoms with van der Waals surface area (Å²) in [6.07, 6.45) is 3.72. The van der Waals surface area contributed by atoms with Gasteiger partial charge < -0.3 is 0 Å². The van der Waals surface area contributed by atoms with Crippen molar-refractivity contribution in [3.8, 4) is 22.3 Å². The van der Waals surface area contributed by atoms with Crippen LogP contribution >= 0.6 is 15.9 Å². The summed E-state index contributed by atoms with van der Waals surface area (Å²) in [7, 11) is 0. The number of halogens is 1. The zero-order valence-corrected chi connectivity index (χ0v) is 17.6. The van der Waals surface area contributed by atoms with Crippen molar-refractivity contribution in [2.45, 2.75) is 19.3 Å². The van der Waals surface area contributed by atoms with Crippen molar-refractivity contribution >= 4 is 15.9 Å². The van der Waals surface area contributed by atoms with E-state index in [0.29, 0.717) is 0 Å². The van der Waals surface area contributed by atoms with Gasteiger partial charge in [-0.1, -0.05) is 96.5 Å². The zero-order valence-electron chi connectivity index (χ0n) is 16.1. The van der Waals surface area contributed by atoms with E-state index in [1.54, 1.807) is 6.20 Å². The van der Waals surface area contributed by atoms with Crippen LogP contribution in [0.5, 0.6) is 0 Å². The minimum Gasteiger partial charge on any atom is -0.264 e. The molecule has 1 aromatic heterocycles. The standard InChI is InChI=1S/C26H22BrN/c1-26(2,23-12-10-20(11-13-23)19-7-4-3-5-8-19)24-15-22(16-25(27)17-24)21-9-6-14-28-18-21/h3-18H,1-2H3. The van der Waals surface area contributed by atoms with Crippen molar-refractivity contribution in [3.05, 3.63) is 113 Å². The van der Waals surface area contributed by atoms with E-state index in [2.05, 4.69) is 108 Å². The van der Waals surface area contributed by atoms with Crippen molar-refractivity contribution in [1.82, 2.24) is 4.98 Å². The number of benzene rings is 3. The molecule has 0 saturated heterocycles. The first-order chi connectivity index (χ1) is 13.5. The molecule has 0 radical (unpaired) electrons. The van der Waals surface area contributed by atoms with Crippen molar-refractivity contribution in [1.29, 1.82) is 0 Å². The van der Waals surface area contributed by atoms with Crippen LogP contribution in [0.2, 0.25) is 0 Å². The molecule has 3 aromatic carbocycles. The molecule has 0 spiro atoms. The van der Waals surface area contributed by atoms with Crippen LogP contribution in [0.4, 0.5) is 0 Å². The molecule has 0 amide bonds. The Balaban J connectivity index is 1.71. The molecule has 4 aromatic rings. The molecule has 4 rings (SSSR count). The first-order valence-corrected chi connectivity index (χ1v) is 10.2. The number of rotatable bonds is 4. The van der Waals surface area contributed by atoms with Gasteiger partial charge in [-0.05, 0) is 46.0 Å². The van der Waals surface area contributed by atoms with Crippen LogP contribution in [0.25, 0.3) is 22.3 Å². The van der Waals surface area contributed by atoms with Crippen LogP contribution in [0.1, 0.15) is 25.0 Å². The van der Waals surface area contributed by atoms with Gasteiger partial charge in [-0.25, -0.2) is 0 Å². The average molecular weight is 428 g/mol. The third kappa shape index (κ3) is 3.79. The molecule has 0 aliphatic heterocycles. The molecule has 138 valence electrons. The van der Waals surface area contributed by atoms with Crippen LogP contribution in [0.15, 0.2) is 102 Å². The Kier molecular flexibility index (Phi) is 5.15. The highest BCUT2D eigenvalue weighted by Crippen LogP contribution is 2.36. The Labute approximate surface area is 175 Å². The van der Waals surface area contributed by atoms with E-state index in [-0.39, 0.29) is 5.41 Å². The fourth-order valence-electron chi connectivity index (χ4n) is 3.53. The molecular weight excluding hydrogens is 406 g/mol. The minimum atomic E-state index is -0.115. The van der Waals surface area contributed by atoms with Gasteiger partial charge in [-0.15, -0.1) is 0 Å². The van der Waals surface area contributed by atoms with E-state index in [0.717, 1.165) is 10.0 Å². The Hall–Kier alpha value is -2.71. The third-order valence-corrected chi connectivity index (χ3v) is 5.79. The molecule has 0 aliphatic carbocycles. The SMILES string of the molecule is CC(C)(c1ccc(-c2ccccc2)cc1)c1cc(Br)cc(-c2cccnc2)c1. The monoisotopic (exact) mass is 427 g/mol. The molecule has 0 unspecified atom stereocenters. The summed E-state index contributed by atoms with van der Waals surface area (Å²) in [5.41, 5.74) is 7.23. The van der Waals surface area contributed by atoms with Crippen molar-refractivity contribution < 1.29 is 0 Å². The summed E-state index contributed by atoms with van der Waals surface area (Å²) in [6, 6.07) is 30.1. The first-order valence-electron chi connectivity index (χ1n) is 9.41. The van der Waals surface area contributed by atoms with E-state index in [1.165, 1.54) is 27.8 Å². The Bertz CT molecular complexity index is 1070. The summed E-state index contributed by atoms with van der Waals surface area (Å²) in [6.45, 7) is 4.55. The second-order valence-electron chi connectivity index (χ2n) is 7.54. The fraction of sp³-hybridized carbons (Fsp3) is 0.115. The Morgan fingerprint density at radius 2 is 1.32 bits per heavy atom.